The monoisotopic (exact) mass is 548 g/mol. The Morgan fingerprint density at radius 1 is 0.630 bits per heavy atom. The minimum atomic E-state index is -3.50. The molecule has 11 nitrogen and oxygen atoms in total. The Morgan fingerprint density at radius 3 is 1.37 bits per heavy atom. The zero-order valence-electron chi connectivity index (χ0n) is 15.7. The van der Waals surface area contributed by atoms with Gasteiger partial charge in [0.15, 0.2) is 0 Å². The summed E-state index contributed by atoms with van der Waals surface area (Å²) in [7, 11) is -26.7. The van der Waals surface area contributed by atoms with E-state index in [1.807, 2.05) is 0 Å². The Kier molecular flexibility index (Phi) is 12.0. The topological polar surface area (TPSA) is 156 Å². The van der Waals surface area contributed by atoms with Crippen LogP contribution in [0.4, 0.5) is 0 Å². The van der Waals surface area contributed by atoms with E-state index in [9.17, 15) is 31.2 Å². The number of hydrogen-bond donors (Lipinski definition) is 0. The summed E-state index contributed by atoms with van der Waals surface area (Å²) in [6, 6.07) is 0. The Bertz CT molecular complexity index is 684. The van der Waals surface area contributed by atoms with E-state index in [0.717, 1.165) is 0 Å². The van der Waals surface area contributed by atoms with Crippen LogP contribution in [0.2, 0.25) is 19.6 Å². The third-order valence-electron chi connectivity index (χ3n) is 3.10. The molecule has 0 amide bonds. The highest BCUT2D eigenvalue weighted by Gasteiger charge is 2.50. The standard InChI is InChI=1S/C6H20O11Si10/c1-14-27(15-2,16-3)17-18-19(7)20(8)21(9)22(10)23(11)24(12)25(13)26(4,5)6/h18H2,1-6H3. The molecule has 21 heteroatoms. The Labute approximate surface area is 169 Å². The van der Waals surface area contributed by atoms with Gasteiger partial charge in [-0.1, -0.05) is 19.6 Å². The molecule has 0 bridgehead atoms. The number of rotatable bonds is 13. The van der Waals surface area contributed by atoms with Crippen LogP contribution in [0.3, 0.4) is 0 Å². The molecule has 0 rings (SSSR count). The van der Waals surface area contributed by atoms with Crippen molar-refractivity contribution in [3.8, 4) is 0 Å². The molecule has 0 atom stereocenters. The highest BCUT2D eigenvalue weighted by atomic mass is 30.0. The van der Waals surface area contributed by atoms with Crippen LogP contribution in [0.1, 0.15) is 0 Å². The minimum Gasteiger partial charge on any atom is -0.395 e. The van der Waals surface area contributed by atoms with Crippen molar-refractivity contribution in [2.75, 3.05) is 21.3 Å². The van der Waals surface area contributed by atoms with Crippen LogP contribution in [0, 0.1) is 0 Å². The van der Waals surface area contributed by atoms with E-state index >= 15 is 0 Å². The lowest BCUT2D eigenvalue weighted by molar-refractivity contribution is 0.0534. The fourth-order valence-corrected chi connectivity index (χ4v) is 96.9. The Balaban J connectivity index is 5.13. The van der Waals surface area contributed by atoms with E-state index in [1.165, 1.54) is 21.3 Å². The Hall–Kier alpha value is 0.609. The molecule has 0 saturated heterocycles. The van der Waals surface area contributed by atoms with Crippen molar-refractivity contribution < 1.29 is 48.6 Å². The van der Waals surface area contributed by atoms with Gasteiger partial charge in [-0.05, 0) is 0 Å². The molecular weight excluding hydrogens is 529 g/mol. The summed E-state index contributed by atoms with van der Waals surface area (Å²) in [5.41, 5.74) is 0. The molecule has 0 aromatic heterocycles. The van der Waals surface area contributed by atoms with Crippen LogP contribution in [-0.4, -0.2) is 101 Å². The summed E-state index contributed by atoms with van der Waals surface area (Å²) in [5, 5.41) is 0. The van der Waals surface area contributed by atoms with Crippen molar-refractivity contribution in [2.24, 2.45) is 0 Å². The van der Waals surface area contributed by atoms with Crippen molar-refractivity contribution >= 4 is 79.9 Å². The first-order valence-electron chi connectivity index (χ1n) is 7.36. The Morgan fingerprint density at radius 2 is 1.00 bits per heavy atom. The summed E-state index contributed by atoms with van der Waals surface area (Å²) in [5.74, 6) is 0. The van der Waals surface area contributed by atoms with Gasteiger partial charge in [0.2, 0.25) is 9.28 Å². The molecule has 0 aliphatic rings. The SMILES string of the molecule is CO[Si](OC)(OC)O[SiH2][Si](=O)[Si](=O)[Si](=O)[Si](=O)[Si](=O)[Si](=O)[Si](=O)[Si](C)(C)C. The molecule has 150 valence electrons. The van der Waals surface area contributed by atoms with Crippen LogP contribution >= 0.6 is 0 Å². The van der Waals surface area contributed by atoms with Crippen molar-refractivity contribution in [3.05, 3.63) is 0 Å². The average Bonchev–Trinajstić information content (AvgIpc) is 2.64. The summed E-state index contributed by atoms with van der Waals surface area (Å²) in [6.07, 6.45) is 0. The minimum absolute atomic E-state index is 1.25. The molecule has 0 aliphatic carbocycles. The molecule has 0 N–H and O–H groups in total. The lowest BCUT2D eigenvalue weighted by Gasteiger charge is -2.22. The molecule has 0 spiro atoms. The second-order valence-corrected chi connectivity index (χ2v) is 55.4. The van der Waals surface area contributed by atoms with Gasteiger partial charge in [-0.2, -0.15) is 0 Å². The van der Waals surface area contributed by atoms with E-state index in [2.05, 4.69) is 0 Å². The second-order valence-electron chi connectivity index (χ2n) is 6.05. The summed E-state index contributed by atoms with van der Waals surface area (Å²) in [6.45, 7) is 5.02. The lowest BCUT2D eigenvalue weighted by atomic mass is 11.8. The summed E-state index contributed by atoms with van der Waals surface area (Å²) >= 11 is 0. The highest BCUT2D eigenvalue weighted by Crippen LogP contribution is 2.06. The van der Waals surface area contributed by atoms with E-state index in [0.29, 0.717) is 0 Å². The van der Waals surface area contributed by atoms with Crippen molar-refractivity contribution in [1.82, 2.24) is 0 Å². The highest BCUT2D eigenvalue weighted by molar-refractivity contribution is 7.75. The summed E-state index contributed by atoms with van der Waals surface area (Å²) < 4.78 is 105. The van der Waals surface area contributed by atoms with Gasteiger partial charge in [0.25, 0.3) is 0 Å². The van der Waals surface area contributed by atoms with Crippen LogP contribution in [0.25, 0.3) is 0 Å². The van der Waals surface area contributed by atoms with Gasteiger partial charge in [-0.25, -0.2) is 0 Å². The van der Waals surface area contributed by atoms with E-state index < -0.39 is 79.9 Å². The normalized spacial score (nSPS) is 12.1. The van der Waals surface area contributed by atoms with E-state index in [4.69, 9.17) is 17.4 Å². The van der Waals surface area contributed by atoms with Gasteiger partial charge < -0.3 is 48.6 Å². The maximum absolute atomic E-state index is 12.2. The molecule has 0 aliphatic heterocycles. The second kappa shape index (κ2) is 11.7. The van der Waals surface area contributed by atoms with Crippen molar-refractivity contribution in [3.63, 3.8) is 0 Å². The predicted molar refractivity (Wildman–Crippen MR) is 105 cm³/mol. The zero-order chi connectivity index (χ0) is 21.6. The molecule has 0 radical (unpaired) electrons. The average molecular weight is 549 g/mol. The van der Waals surface area contributed by atoms with E-state index in [1.54, 1.807) is 19.6 Å². The fraction of sp³-hybridized carbons (Fsp3) is 1.00. The van der Waals surface area contributed by atoms with Crippen LogP contribution < -0.4 is 0 Å². The van der Waals surface area contributed by atoms with Gasteiger partial charge >= 0.3 is 63.1 Å². The molecular formula is C6H20O11Si10. The van der Waals surface area contributed by atoms with Crippen molar-refractivity contribution in [2.45, 2.75) is 19.6 Å². The molecule has 0 saturated carbocycles. The third kappa shape index (κ3) is 7.75. The van der Waals surface area contributed by atoms with Crippen molar-refractivity contribution in [1.29, 1.82) is 0 Å². The summed E-state index contributed by atoms with van der Waals surface area (Å²) in [4.78, 5) is 0. The number of hydrogen-bond acceptors (Lipinski definition) is 11. The zero-order valence-corrected chi connectivity index (χ0v) is 26.1. The first kappa shape index (κ1) is 27.6. The fourth-order valence-electron chi connectivity index (χ4n) is 1.53. The maximum atomic E-state index is 12.2. The molecule has 0 unspecified atom stereocenters. The van der Waals surface area contributed by atoms with Gasteiger partial charge in [0.05, 0.1) is 0 Å². The molecule has 0 heterocycles. The molecule has 0 aromatic rings. The van der Waals surface area contributed by atoms with Gasteiger partial charge in [-0.3, -0.25) is 0 Å². The van der Waals surface area contributed by atoms with Crippen LogP contribution in [0.15, 0.2) is 0 Å². The molecule has 27 heavy (non-hydrogen) atoms. The van der Waals surface area contributed by atoms with Crippen LogP contribution in [0.5, 0.6) is 0 Å². The first-order chi connectivity index (χ1) is 12.3. The predicted octanol–water partition coefficient (Wildman–Crippen LogP) is -3.20. The van der Waals surface area contributed by atoms with Gasteiger partial charge in [0.1, 0.15) is 7.59 Å². The lowest BCUT2D eigenvalue weighted by Crippen LogP contribution is -2.55. The quantitative estimate of drug-likeness (QED) is 0.213. The largest absolute Gasteiger partial charge is 0.667 e. The molecule has 0 aromatic carbocycles. The van der Waals surface area contributed by atoms with Gasteiger partial charge in [0, 0.05) is 21.3 Å². The van der Waals surface area contributed by atoms with E-state index in [-0.39, 0.29) is 0 Å². The smallest absolute Gasteiger partial charge is 0.395 e. The maximum Gasteiger partial charge on any atom is 0.667 e. The van der Waals surface area contributed by atoms with Gasteiger partial charge in [-0.15, -0.1) is 0 Å². The molecule has 0 fully saturated rings. The third-order valence-corrected chi connectivity index (χ3v) is 73.0. The van der Waals surface area contributed by atoms with Crippen LogP contribution in [-0.2, 0) is 48.6 Å². The first-order valence-corrected chi connectivity index (χ1v) is 32.3.